The van der Waals surface area contributed by atoms with Crippen LogP contribution in [-0.2, 0) is 9.59 Å². The van der Waals surface area contributed by atoms with Crippen LogP contribution in [0.1, 0.15) is 6.92 Å². The van der Waals surface area contributed by atoms with E-state index in [1.165, 1.54) is 11.8 Å². The topological polar surface area (TPSA) is 67.9 Å². The molecule has 0 bridgehead atoms. The molecule has 0 radical (unpaired) electrons. The van der Waals surface area contributed by atoms with Gasteiger partial charge < -0.3 is 19.7 Å². The van der Waals surface area contributed by atoms with Crippen LogP contribution in [0.25, 0.3) is 0 Å². The lowest BCUT2D eigenvalue weighted by atomic mass is 10.2. The van der Waals surface area contributed by atoms with E-state index >= 15 is 0 Å². The first-order valence-corrected chi connectivity index (χ1v) is 7.64. The molecule has 2 aromatic carbocycles. The Morgan fingerprint density at radius 1 is 1.17 bits per heavy atom. The number of nitrogens with zero attached hydrogens (tertiary/aromatic N) is 1. The van der Waals surface area contributed by atoms with E-state index < -0.39 is 0 Å². The molecule has 0 saturated carbocycles. The van der Waals surface area contributed by atoms with E-state index in [0.717, 1.165) is 0 Å². The molecule has 6 nitrogen and oxygen atoms in total. The van der Waals surface area contributed by atoms with E-state index in [2.05, 4.69) is 5.32 Å². The molecule has 0 aromatic heterocycles. The molecule has 0 aliphatic carbocycles. The fourth-order valence-electron chi connectivity index (χ4n) is 2.36. The lowest BCUT2D eigenvalue weighted by molar-refractivity contribution is -0.120. The van der Waals surface area contributed by atoms with Gasteiger partial charge in [-0.2, -0.15) is 0 Å². The lowest BCUT2D eigenvalue weighted by Crippen LogP contribution is -2.36. The largest absolute Gasteiger partial charge is 0.454 e. The normalized spacial score (nSPS) is 11.9. The van der Waals surface area contributed by atoms with E-state index in [0.29, 0.717) is 27.9 Å². The number of anilines is 2. The van der Waals surface area contributed by atoms with E-state index in [4.69, 9.17) is 21.1 Å². The second-order valence-electron chi connectivity index (χ2n) is 5.17. The third kappa shape index (κ3) is 3.44. The Labute approximate surface area is 143 Å². The zero-order chi connectivity index (χ0) is 17.1. The summed E-state index contributed by atoms with van der Waals surface area (Å²) < 4.78 is 10.5. The summed E-state index contributed by atoms with van der Waals surface area (Å²) in [5.41, 5.74) is 1.06. The van der Waals surface area contributed by atoms with Crippen LogP contribution in [0.2, 0.25) is 5.02 Å². The number of hydrogen-bond donors (Lipinski definition) is 1. The Kier molecular flexibility index (Phi) is 4.57. The summed E-state index contributed by atoms with van der Waals surface area (Å²) in [6.07, 6.45) is 0. The predicted octanol–water partition coefficient (Wildman–Crippen LogP) is 3.06. The van der Waals surface area contributed by atoms with Crippen LogP contribution < -0.4 is 19.7 Å². The Hall–Kier alpha value is -2.73. The van der Waals surface area contributed by atoms with Gasteiger partial charge in [0.15, 0.2) is 11.5 Å². The molecule has 7 heteroatoms. The standard InChI is InChI=1S/C17H15ClN2O4/c1-11(21)20(14-5-3-2-4-13(14)18)9-17(22)19-12-6-7-15-16(8-12)24-10-23-15/h2-8H,9-10H2,1H3,(H,19,22). The number of hydrogen-bond acceptors (Lipinski definition) is 4. The van der Waals surface area contributed by atoms with Crippen molar-refractivity contribution in [3.05, 3.63) is 47.5 Å². The molecule has 1 aliphatic heterocycles. The summed E-state index contributed by atoms with van der Waals surface area (Å²) in [5, 5.41) is 3.14. The Morgan fingerprint density at radius 2 is 1.92 bits per heavy atom. The van der Waals surface area contributed by atoms with E-state index in [1.54, 1.807) is 42.5 Å². The molecule has 2 aromatic rings. The second kappa shape index (κ2) is 6.80. The van der Waals surface area contributed by atoms with Crippen LogP contribution >= 0.6 is 11.6 Å². The van der Waals surface area contributed by atoms with Gasteiger partial charge in [-0.25, -0.2) is 0 Å². The van der Waals surface area contributed by atoms with Gasteiger partial charge in [0.2, 0.25) is 18.6 Å². The zero-order valence-electron chi connectivity index (χ0n) is 12.9. The maximum Gasteiger partial charge on any atom is 0.244 e. The molecule has 0 spiro atoms. The molecule has 1 heterocycles. The maximum atomic E-state index is 12.3. The molecule has 0 atom stereocenters. The van der Waals surface area contributed by atoms with Crippen LogP contribution in [0.4, 0.5) is 11.4 Å². The highest BCUT2D eigenvalue weighted by molar-refractivity contribution is 6.33. The van der Waals surface area contributed by atoms with Gasteiger partial charge in [0, 0.05) is 18.7 Å². The highest BCUT2D eigenvalue weighted by Crippen LogP contribution is 2.34. The van der Waals surface area contributed by atoms with Gasteiger partial charge in [0.1, 0.15) is 6.54 Å². The first kappa shape index (κ1) is 16.1. The van der Waals surface area contributed by atoms with E-state index in [1.807, 2.05) is 0 Å². The number of carbonyl (C=O) groups is 2. The molecule has 2 amide bonds. The van der Waals surface area contributed by atoms with Crippen molar-refractivity contribution >= 4 is 34.8 Å². The van der Waals surface area contributed by atoms with Gasteiger partial charge in [-0.05, 0) is 24.3 Å². The van der Waals surface area contributed by atoms with Crippen molar-refractivity contribution in [2.45, 2.75) is 6.92 Å². The minimum atomic E-state index is -0.344. The molecule has 0 unspecified atom stereocenters. The van der Waals surface area contributed by atoms with Gasteiger partial charge in [0.25, 0.3) is 0 Å². The average Bonchev–Trinajstić information content (AvgIpc) is 3.01. The second-order valence-corrected chi connectivity index (χ2v) is 5.58. The van der Waals surface area contributed by atoms with Gasteiger partial charge in [-0.3, -0.25) is 9.59 Å². The molecule has 1 N–H and O–H groups in total. The van der Waals surface area contributed by atoms with Gasteiger partial charge in [0.05, 0.1) is 10.7 Å². The number of rotatable bonds is 4. The summed E-state index contributed by atoms with van der Waals surface area (Å²) in [4.78, 5) is 25.5. The SMILES string of the molecule is CC(=O)N(CC(=O)Nc1ccc2c(c1)OCO2)c1ccccc1Cl. The Balaban J connectivity index is 1.72. The van der Waals surface area contributed by atoms with Crippen molar-refractivity contribution in [2.75, 3.05) is 23.6 Å². The minimum absolute atomic E-state index is 0.145. The molecule has 24 heavy (non-hydrogen) atoms. The third-order valence-corrected chi connectivity index (χ3v) is 3.80. The molecule has 0 fully saturated rings. The van der Waals surface area contributed by atoms with Gasteiger partial charge >= 0.3 is 0 Å². The number of nitrogens with one attached hydrogen (secondary N) is 1. The number of para-hydroxylation sites is 1. The molecule has 3 rings (SSSR count). The Bertz CT molecular complexity index is 794. The van der Waals surface area contributed by atoms with Crippen molar-refractivity contribution in [1.82, 2.24) is 0 Å². The first-order valence-electron chi connectivity index (χ1n) is 7.27. The van der Waals surface area contributed by atoms with Crippen LogP contribution in [0, 0.1) is 0 Å². The number of amides is 2. The smallest absolute Gasteiger partial charge is 0.244 e. The number of fused-ring (bicyclic) bond motifs is 1. The Morgan fingerprint density at radius 3 is 2.67 bits per heavy atom. The van der Waals surface area contributed by atoms with E-state index in [9.17, 15) is 9.59 Å². The van der Waals surface area contributed by atoms with Gasteiger partial charge in [-0.1, -0.05) is 23.7 Å². The summed E-state index contributed by atoms with van der Waals surface area (Å²) >= 11 is 6.11. The summed E-state index contributed by atoms with van der Waals surface area (Å²) in [6, 6.07) is 12.0. The minimum Gasteiger partial charge on any atom is -0.454 e. The van der Waals surface area contributed by atoms with Crippen molar-refractivity contribution < 1.29 is 19.1 Å². The molecule has 1 aliphatic rings. The molecule has 124 valence electrons. The van der Waals surface area contributed by atoms with Crippen molar-refractivity contribution in [3.8, 4) is 11.5 Å². The highest BCUT2D eigenvalue weighted by atomic mass is 35.5. The van der Waals surface area contributed by atoms with Crippen LogP contribution in [0.3, 0.4) is 0 Å². The monoisotopic (exact) mass is 346 g/mol. The number of halogens is 1. The molecule has 0 saturated heterocycles. The fraction of sp³-hybridized carbons (Fsp3) is 0.176. The first-order chi connectivity index (χ1) is 11.5. The number of carbonyl (C=O) groups excluding carboxylic acids is 2. The fourth-order valence-corrected chi connectivity index (χ4v) is 2.59. The van der Waals surface area contributed by atoms with Crippen LogP contribution in [0.5, 0.6) is 11.5 Å². The third-order valence-electron chi connectivity index (χ3n) is 3.48. The van der Waals surface area contributed by atoms with Crippen LogP contribution in [-0.4, -0.2) is 25.2 Å². The van der Waals surface area contributed by atoms with Crippen molar-refractivity contribution in [3.63, 3.8) is 0 Å². The van der Waals surface area contributed by atoms with Crippen LogP contribution in [0.15, 0.2) is 42.5 Å². The predicted molar refractivity (Wildman–Crippen MR) is 90.7 cm³/mol. The zero-order valence-corrected chi connectivity index (χ0v) is 13.7. The summed E-state index contributed by atoms with van der Waals surface area (Å²) in [5.74, 6) is 0.588. The number of benzene rings is 2. The summed E-state index contributed by atoms with van der Waals surface area (Å²) in [7, 11) is 0. The van der Waals surface area contributed by atoms with Gasteiger partial charge in [-0.15, -0.1) is 0 Å². The lowest BCUT2D eigenvalue weighted by Gasteiger charge is -2.21. The molecular formula is C17H15ClN2O4. The average molecular weight is 347 g/mol. The summed E-state index contributed by atoms with van der Waals surface area (Å²) in [6.45, 7) is 1.40. The number of ether oxygens (including phenoxy) is 2. The highest BCUT2D eigenvalue weighted by Gasteiger charge is 2.19. The van der Waals surface area contributed by atoms with E-state index in [-0.39, 0.29) is 25.2 Å². The van der Waals surface area contributed by atoms with Crippen molar-refractivity contribution in [1.29, 1.82) is 0 Å². The maximum absolute atomic E-state index is 12.3. The molecular weight excluding hydrogens is 332 g/mol. The quantitative estimate of drug-likeness (QED) is 0.923. The van der Waals surface area contributed by atoms with Crippen molar-refractivity contribution in [2.24, 2.45) is 0 Å².